The number of hydrogen-bond acceptors (Lipinski definition) is 3. The van der Waals surface area contributed by atoms with Crippen LogP contribution in [0.5, 0.6) is 0 Å². The van der Waals surface area contributed by atoms with Gasteiger partial charge in [-0.05, 0) is 32.0 Å². The average Bonchev–Trinajstić information content (AvgIpc) is 2.84. The van der Waals surface area contributed by atoms with Gasteiger partial charge in [-0.3, -0.25) is 4.79 Å². The molecular weight excluding hydrogens is 301 g/mol. The predicted molar refractivity (Wildman–Crippen MR) is 84.6 cm³/mol. The molecule has 126 valence electrons. The van der Waals surface area contributed by atoms with Crippen LogP contribution in [-0.4, -0.2) is 53.7 Å². The van der Waals surface area contributed by atoms with E-state index in [9.17, 15) is 14.0 Å². The Morgan fingerprint density at radius 1 is 1.52 bits per heavy atom. The van der Waals surface area contributed by atoms with E-state index >= 15 is 0 Å². The van der Waals surface area contributed by atoms with E-state index < -0.39 is 5.82 Å². The lowest BCUT2D eigenvalue weighted by atomic mass is 10.2. The zero-order valence-corrected chi connectivity index (χ0v) is 13.3. The lowest BCUT2D eigenvalue weighted by Crippen LogP contribution is -2.49. The molecule has 0 bridgehead atoms. The first-order valence-corrected chi connectivity index (χ1v) is 7.66. The lowest BCUT2D eigenvalue weighted by molar-refractivity contribution is -0.117. The minimum atomic E-state index is -0.406. The summed E-state index contributed by atoms with van der Waals surface area (Å²) in [6.07, 6.45) is 0.174. The predicted octanol–water partition coefficient (Wildman–Crippen LogP) is 1.34. The van der Waals surface area contributed by atoms with Gasteiger partial charge in [0.2, 0.25) is 5.91 Å². The molecule has 1 aliphatic rings. The first-order chi connectivity index (χ1) is 10.9. The number of benzene rings is 1. The molecule has 1 fully saturated rings. The summed E-state index contributed by atoms with van der Waals surface area (Å²) in [5.74, 6) is -0.559. The van der Waals surface area contributed by atoms with Gasteiger partial charge >= 0.3 is 6.03 Å². The quantitative estimate of drug-likeness (QED) is 0.859. The van der Waals surface area contributed by atoms with Crippen molar-refractivity contribution in [2.75, 3.05) is 24.6 Å². The Kier molecular flexibility index (Phi) is 5.54. The van der Waals surface area contributed by atoms with Gasteiger partial charge in [-0.1, -0.05) is 6.07 Å². The molecule has 1 heterocycles. The molecule has 0 aromatic heterocycles. The molecule has 1 aromatic carbocycles. The first-order valence-electron chi connectivity index (χ1n) is 7.66. The summed E-state index contributed by atoms with van der Waals surface area (Å²) in [7, 11) is 0. The Balaban J connectivity index is 2.01. The molecule has 7 heteroatoms. The number of rotatable bonds is 5. The van der Waals surface area contributed by atoms with Gasteiger partial charge in [0.1, 0.15) is 5.82 Å². The molecule has 1 aliphatic heterocycles. The molecule has 23 heavy (non-hydrogen) atoms. The normalized spacial score (nSPS) is 17.7. The maximum atomic E-state index is 13.3. The summed E-state index contributed by atoms with van der Waals surface area (Å²) in [6, 6.07) is 5.13. The number of amides is 3. The molecule has 2 N–H and O–H groups in total. The summed E-state index contributed by atoms with van der Waals surface area (Å²) in [5.41, 5.74) is 0.489. The van der Waals surface area contributed by atoms with Crippen LogP contribution in [0.2, 0.25) is 0 Å². The van der Waals surface area contributed by atoms with Crippen molar-refractivity contribution in [3.05, 3.63) is 30.1 Å². The largest absolute Gasteiger partial charge is 0.395 e. The third-order valence-electron chi connectivity index (χ3n) is 3.80. The van der Waals surface area contributed by atoms with Gasteiger partial charge in [-0.25, -0.2) is 9.18 Å². The highest BCUT2D eigenvalue weighted by Gasteiger charge is 2.32. The molecule has 0 spiro atoms. The van der Waals surface area contributed by atoms with E-state index in [0.717, 1.165) is 0 Å². The van der Waals surface area contributed by atoms with Crippen molar-refractivity contribution in [1.29, 1.82) is 0 Å². The zero-order valence-electron chi connectivity index (χ0n) is 13.3. The summed E-state index contributed by atoms with van der Waals surface area (Å²) in [6.45, 7) is 4.13. The second kappa shape index (κ2) is 7.41. The fourth-order valence-electron chi connectivity index (χ4n) is 2.66. The number of nitrogens with zero attached hydrogens (tertiary/aromatic N) is 2. The second-order valence-electron chi connectivity index (χ2n) is 5.85. The van der Waals surface area contributed by atoms with Crippen LogP contribution in [0.3, 0.4) is 0 Å². The summed E-state index contributed by atoms with van der Waals surface area (Å²) in [4.78, 5) is 27.3. The number of urea groups is 1. The van der Waals surface area contributed by atoms with Crippen LogP contribution in [0.25, 0.3) is 0 Å². The number of hydrogen-bond donors (Lipinski definition) is 2. The Bertz CT molecular complexity index is 579. The Morgan fingerprint density at radius 2 is 2.26 bits per heavy atom. The van der Waals surface area contributed by atoms with Crippen LogP contribution >= 0.6 is 0 Å². The van der Waals surface area contributed by atoms with E-state index in [1.165, 1.54) is 21.9 Å². The van der Waals surface area contributed by atoms with Crippen molar-refractivity contribution in [3.63, 3.8) is 0 Å². The summed E-state index contributed by atoms with van der Waals surface area (Å²) in [5, 5.41) is 11.8. The van der Waals surface area contributed by atoms with Crippen molar-refractivity contribution in [1.82, 2.24) is 10.2 Å². The van der Waals surface area contributed by atoms with Crippen LogP contribution in [0.4, 0.5) is 14.9 Å². The minimum absolute atomic E-state index is 0.0569. The van der Waals surface area contributed by atoms with Gasteiger partial charge in [-0.15, -0.1) is 0 Å². The third-order valence-corrected chi connectivity index (χ3v) is 3.80. The maximum absolute atomic E-state index is 13.3. The van der Waals surface area contributed by atoms with Crippen LogP contribution in [0, 0.1) is 5.82 Å². The fourth-order valence-corrected chi connectivity index (χ4v) is 2.66. The van der Waals surface area contributed by atoms with Crippen LogP contribution in [-0.2, 0) is 4.79 Å². The van der Waals surface area contributed by atoms with Gasteiger partial charge in [-0.2, -0.15) is 0 Å². The first kappa shape index (κ1) is 17.2. The summed E-state index contributed by atoms with van der Waals surface area (Å²) < 4.78 is 13.3. The van der Waals surface area contributed by atoms with Gasteiger partial charge < -0.3 is 20.2 Å². The van der Waals surface area contributed by atoms with Crippen molar-refractivity contribution in [2.24, 2.45) is 0 Å². The lowest BCUT2D eigenvalue weighted by Gasteiger charge is -2.27. The highest BCUT2D eigenvalue weighted by molar-refractivity contribution is 5.96. The standard InChI is InChI=1S/C16H22FN3O3/c1-11(2)19(6-7-21)16(23)18-13-9-15(22)20(10-13)14-5-3-4-12(17)8-14/h3-5,8,11,13,21H,6-7,9-10H2,1-2H3,(H,18,23). The van der Waals surface area contributed by atoms with Crippen LogP contribution in [0.15, 0.2) is 24.3 Å². The minimum Gasteiger partial charge on any atom is -0.395 e. The van der Waals surface area contributed by atoms with Gasteiger partial charge in [0.05, 0.1) is 12.6 Å². The van der Waals surface area contributed by atoms with Crippen molar-refractivity contribution in [3.8, 4) is 0 Å². The number of halogens is 1. The smallest absolute Gasteiger partial charge is 0.318 e. The topological polar surface area (TPSA) is 72.9 Å². The van der Waals surface area contributed by atoms with Gasteiger partial charge in [0.25, 0.3) is 0 Å². The molecule has 1 atom stereocenters. The molecule has 1 aromatic rings. The van der Waals surface area contributed by atoms with E-state index in [0.29, 0.717) is 12.2 Å². The molecule has 1 saturated heterocycles. The molecule has 0 radical (unpaired) electrons. The monoisotopic (exact) mass is 323 g/mol. The molecule has 2 rings (SSSR count). The second-order valence-corrected chi connectivity index (χ2v) is 5.85. The maximum Gasteiger partial charge on any atom is 0.318 e. The Labute approximate surface area is 134 Å². The highest BCUT2D eigenvalue weighted by atomic mass is 19.1. The highest BCUT2D eigenvalue weighted by Crippen LogP contribution is 2.22. The number of aliphatic hydroxyl groups excluding tert-OH is 1. The van der Waals surface area contributed by atoms with E-state index in [-0.39, 0.29) is 43.6 Å². The van der Waals surface area contributed by atoms with Gasteiger partial charge in [0.15, 0.2) is 0 Å². The van der Waals surface area contributed by atoms with Crippen molar-refractivity contribution in [2.45, 2.75) is 32.4 Å². The molecular formula is C16H22FN3O3. The number of nitrogens with one attached hydrogen (secondary N) is 1. The van der Waals surface area contributed by atoms with Crippen LogP contribution in [0.1, 0.15) is 20.3 Å². The van der Waals surface area contributed by atoms with Crippen molar-refractivity contribution >= 4 is 17.6 Å². The van der Waals surface area contributed by atoms with E-state index in [1.54, 1.807) is 12.1 Å². The molecule has 1 unspecified atom stereocenters. The Hall–Kier alpha value is -2.15. The average molecular weight is 323 g/mol. The SMILES string of the molecule is CC(C)N(CCO)C(=O)NC1CC(=O)N(c2cccc(F)c2)C1. The number of carbonyl (C=O) groups excluding carboxylic acids is 2. The van der Waals surface area contributed by atoms with E-state index in [4.69, 9.17) is 5.11 Å². The molecule has 6 nitrogen and oxygen atoms in total. The van der Waals surface area contributed by atoms with Crippen molar-refractivity contribution < 1.29 is 19.1 Å². The van der Waals surface area contributed by atoms with E-state index in [1.807, 2.05) is 13.8 Å². The van der Waals surface area contributed by atoms with Gasteiger partial charge in [0, 0.05) is 31.2 Å². The Morgan fingerprint density at radius 3 is 2.87 bits per heavy atom. The fraction of sp³-hybridized carbons (Fsp3) is 0.500. The summed E-state index contributed by atoms with van der Waals surface area (Å²) >= 11 is 0. The number of carbonyl (C=O) groups is 2. The van der Waals surface area contributed by atoms with Crippen LogP contribution < -0.4 is 10.2 Å². The number of anilines is 1. The van der Waals surface area contributed by atoms with E-state index in [2.05, 4.69) is 5.32 Å². The molecule has 0 saturated carbocycles. The number of aliphatic hydroxyl groups is 1. The molecule has 3 amide bonds. The molecule has 0 aliphatic carbocycles. The zero-order chi connectivity index (χ0) is 17.0. The third kappa shape index (κ3) is 4.19.